The predicted molar refractivity (Wildman–Crippen MR) is 55.4 cm³/mol. The minimum atomic E-state index is 0.507. The van der Waals surface area contributed by atoms with Crippen molar-refractivity contribution < 1.29 is 4.58 Å². The molecule has 0 N–H and O–H groups in total. The molecule has 2 atom stereocenters. The van der Waals surface area contributed by atoms with Gasteiger partial charge in [-0.1, -0.05) is 6.92 Å². The summed E-state index contributed by atoms with van der Waals surface area (Å²) in [5.74, 6) is 0.907. The van der Waals surface area contributed by atoms with Crippen molar-refractivity contribution in [1.82, 2.24) is 4.90 Å². The second kappa shape index (κ2) is 3.09. The van der Waals surface area contributed by atoms with E-state index in [1.54, 1.807) is 0 Å². The van der Waals surface area contributed by atoms with Crippen LogP contribution in [0.5, 0.6) is 0 Å². The Morgan fingerprint density at radius 1 is 1.54 bits per heavy atom. The highest BCUT2D eigenvalue weighted by atomic mass is 15.2. The smallest absolute Gasteiger partial charge is 0.149 e. The number of rotatable bonds is 0. The van der Waals surface area contributed by atoms with Crippen LogP contribution in [0.2, 0.25) is 0 Å². The van der Waals surface area contributed by atoms with E-state index in [-0.39, 0.29) is 0 Å². The Morgan fingerprint density at radius 3 is 3.08 bits per heavy atom. The number of hydrogen-bond acceptors (Lipinski definition) is 1. The lowest BCUT2D eigenvalue weighted by Crippen LogP contribution is -2.34. The van der Waals surface area contributed by atoms with Crippen LogP contribution < -0.4 is 0 Å². The lowest BCUT2D eigenvalue weighted by molar-refractivity contribution is -0.530. The Hall–Kier alpha value is -0.370. The van der Waals surface area contributed by atoms with E-state index in [2.05, 4.69) is 30.2 Å². The van der Waals surface area contributed by atoms with Crippen molar-refractivity contribution in [3.05, 3.63) is 0 Å². The van der Waals surface area contributed by atoms with Crippen LogP contribution in [0.25, 0.3) is 0 Å². The molecule has 2 saturated heterocycles. The maximum atomic E-state index is 4.10. The van der Waals surface area contributed by atoms with E-state index in [1.807, 2.05) is 0 Å². The molecule has 0 saturated carbocycles. The van der Waals surface area contributed by atoms with Crippen molar-refractivity contribution in [3.8, 4) is 0 Å². The van der Waals surface area contributed by atoms with Gasteiger partial charge in [0.1, 0.15) is 19.8 Å². The fourth-order valence-electron chi connectivity index (χ4n) is 3.18. The van der Waals surface area contributed by atoms with E-state index in [0.717, 1.165) is 5.92 Å². The summed E-state index contributed by atoms with van der Waals surface area (Å²) < 4.78 is 2.26. The van der Waals surface area contributed by atoms with E-state index >= 15 is 0 Å². The van der Waals surface area contributed by atoms with Crippen molar-refractivity contribution in [2.75, 3.05) is 33.2 Å². The predicted octanol–water partition coefficient (Wildman–Crippen LogP) is 1.06. The lowest BCUT2D eigenvalue weighted by Gasteiger charge is -2.25. The van der Waals surface area contributed by atoms with Crippen LogP contribution in [-0.4, -0.2) is 49.4 Å². The number of hydrogen-bond donors (Lipinski definition) is 0. The molecule has 2 aliphatic rings. The Labute approximate surface area is 81.2 Å². The summed E-state index contributed by atoms with van der Waals surface area (Å²) >= 11 is 0. The van der Waals surface area contributed by atoms with Crippen molar-refractivity contribution in [2.24, 2.45) is 11.3 Å². The van der Waals surface area contributed by atoms with Gasteiger partial charge in [0.15, 0.2) is 0 Å². The van der Waals surface area contributed by atoms with E-state index in [0.29, 0.717) is 5.41 Å². The largest absolute Gasteiger partial charge is 0.305 e. The topological polar surface area (TPSA) is 6.25 Å². The molecule has 0 bridgehead atoms. The summed E-state index contributed by atoms with van der Waals surface area (Å²) in [7, 11) is 2.24. The zero-order valence-corrected chi connectivity index (χ0v) is 8.92. The van der Waals surface area contributed by atoms with Gasteiger partial charge >= 0.3 is 0 Å². The van der Waals surface area contributed by atoms with Crippen LogP contribution >= 0.6 is 0 Å². The van der Waals surface area contributed by atoms with Crippen molar-refractivity contribution in [2.45, 2.75) is 19.8 Å². The molecule has 0 aliphatic carbocycles. The van der Waals surface area contributed by atoms with E-state index < -0.39 is 0 Å². The second-order valence-electron chi connectivity index (χ2n) is 5.24. The Kier molecular flexibility index (Phi) is 2.18. The van der Waals surface area contributed by atoms with Crippen molar-refractivity contribution in [3.63, 3.8) is 0 Å². The summed E-state index contributed by atoms with van der Waals surface area (Å²) in [6.45, 7) is 11.5. The highest BCUT2D eigenvalue weighted by molar-refractivity contribution is 5.15. The van der Waals surface area contributed by atoms with E-state index in [1.165, 1.54) is 39.0 Å². The molecule has 2 heterocycles. The number of likely N-dealkylation sites (tertiary alicyclic amines) is 1. The van der Waals surface area contributed by atoms with Gasteiger partial charge in [0.2, 0.25) is 0 Å². The average Bonchev–Trinajstić information content (AvgIpc) is 2.18. The van der Waals surface area contributed by atoms with E-state index in [9.17, 15) is 0 Å². The number of nitrogens with zero attached hydrogens (tertiary/aromatic N) is 2. The summed E-state index contributed by atoms with van der Waals surface area (Å²) in [6, 6.07) is 0. The van der Waals surface area contributed by atoms with Crippen LogP contribution in [0.1, 0.15) is 19.8 Å². The van der Waals surface area contributed by atoms with Crippen LogP contribution in [-0.2, 0) is 0 Å². The molecular weight excluding hydrogens is 160 g/mol. The van der Waals surface area contributed by atoms with Gasteiger partial charge in [0.05, 0.1) is 0 Å². The van der Waals surface area contributed by atoms with Crippen LogP contribution in [0.3, 0.4) is 0 Å². The van der Waals surface area contributed by atoms with Crippen LogP contribution in [0.15, 0.2) is 0 Å². The monoisotopic (exact) mass is 181 g/mol. The molecule has 2 fully saturated rings. The van der Waals surface area contributed by atoms with Crippen molar-refractivity contribution in [1.29, 1.82) is 0 Å². The van der Waals surface area contributed by atoms with Gasteiger partial charge in [-0.05, 0) is 19.4 Å². The molecule has 2 aliphatic heterocycles. The average molecular weight is 181 g/mol. The molecule has 0 aromatic rings. The fourth-order valence-corrected chi connectivity index (χ4v) is 3.18. The van der Waals surface area contributed by atoms with E-state index in [4.69, 9.17) is 0 Å². The van der Waals surface area contributed by atoms with Crippen molar-refractivity contribution >= 4 is 6.72 Å². The third-order valence-electron chi connectivity index (χ3n) is 3.76. The molecule has 0 aromatic carbocycles. The molecule has 0 aromatic heterocycles. The van der Waals surface area contributed by atoms with Crippen LogP contribution in [0, 0.1) is 11.3 Å². The SMILES string of the molecule is C=[N+]1CCC[C@H]2CN(C)C[C@]2(C)C1. The first-order valence-electron chi connectivity index (χ1n) is 5.34. The highest BCUT2D eigenvalue weighted by Crippen LogP contribution is 2.39. The molecule has 74 valence electrons. The minimum absolute atomic E-state index is 0.507. The van der Waals surface area contributed by atoms with Gasteiger partial charge < -0.3 is 4.90 Å². The molecule has 0 amide bonds. The van der Waals surface area contributed by atoms with Gasteiger partial charge in [0, 0.05) is 24.9 Å². The molecule has 0 unspecified atom stereocenters. The summed E-state index contributed by atoms with van der Waals surface area (Å²) in [4.78, 5) is 2.48. The first-order chi connectivity index (χ1) is 6.10. The quantitative estimate of drug-likeness (QED) is 0.507. The van der Waals surface area contributed by atoms with Gasteiger partial charge in [-0.15, -0.1) is 0 Å². The lowest BCUT2D eigenvalue weighted by atomic mass is 9.78. The zero-order chi connectivity index (χ0) is 9.47. The third kappa shape index (κ3) is 1.64. The minimum Gasteiger partial charge on any atom is -0.305 e. The molecule has 0 spiro atoms. The maximum Gasteiger partial charge on any atom is 0.149 e. The highest BCUT2D eigenvalue weighted by Gasteiger charge is 2.45. The van der Waals surface area contributed by atoms with Gasteiger partial charge in [-0.25, -0.2) is 4.58 Å². The van der Waals surface area contributed by atoms with Gasteiger partial charge in [-0.3, -0.25) is 0 Å². The normalized spacial score (nSPS) is 41.7. The Morgan fingerprint density at radius 2 is 2.31 bits per heavy atom. The number of fused-ring (bicyclic) bond motifs is 1. The fraction of sp³-hybridized carbons (Fsp3) is 0.909. The standard InChI is InChI=1S/C11H21N2/c1-11-8-12(2)6-4-5-10(11)7-13(3)9-11/h10H,2,4-9H2,1,3H3/q+1/t10-,11-/m0/s1. The Bertz CT molecular complexity index is 224. The summed E-state index contributed by atoms with van der Waals surface area (Å²) in [5.41, 5.74) is 0.507. The summed E-state index contributed by atoms with van der Waals surface area (Å²) in [5, 5.41) is 0. The maximum absolute atomic E-state index is 4.10. The molecule has 2 nitrogen and oxygen atoms in total. The Balaban J connectivity index is 2.17. The van der Waals surface area contributed by atoms with Crippen LogP contribution in [0.4, 0.5) is 0 Å². The van der Waals surface area contributed by atoms with Gasteiger partial charge in [-0.2, -0.15) is 0 Å². The molecule has 2 rings (SSSR count). The molecule has 0 radical (unpaired) electrons. The summed E-state index contributed by atoms with van der Waals surface area (Å²) in [6.07, 6.45) is 2.73. The zero-order valence-electron chi connectivity index (χ0n) is 8.92. The second-order valence-corrected chi connectivity index (χ2v) is 5.24. The van der Waals surface area contributed by atoms with Gasteiger partial charge in [0.25, 0.3) is 0 Å². The first-order valence-corrected chi connectivity index (χ1v) is 5.34. The molecular formula is C11H21N2+. The first kappa shape index (κ1) is 9.20. The molecule has 13 heavy (non-hydrogen) atoms. The molecule has 2 heteroatoms. The third-order valence-corrected chi connectivity index (χ3v) is 3.76.